The Hall–Kier alpha value is -6.20. The number of amides is 2. The van der Waals surface area contributed by atoms with Crippen LogP contribution in [-0.4, -0.2) is 37.8 Å². The zero-order valence-corrected chi connectivity index (χ0v) is 32.1. The summed E-state index contributed by atoms with van der Waals surface area (Å²) in [6.07, 6.45) is 0. The Labute approximate surface area is 322 Å². The number of anilines is 2. The van der Waals surface area contributed by atoms with Crippen molar-refractivity contribution in [3.8, 4) is 11.1 Å². The minimum Gasteiger partial charge on any atom is -0.323 e. The average Bonchev–Trinajstić information content (AvgIpc) is 3.16. The summed E-state index contributed by atoms with van der Waals surface area (Å²) in [4.78, 5) is 24.7. The van der Waals surface area contributed by atoms with E-state index in [0.717, 1.165) is 11.1 Å². The van der Waals surface area contributed by atoms with Crippen LogP contribution >= 0.6 is 0 Å². The molecule has 0 aliphatic carbocycles. The third-order valence-corrected chi connectivity index (χ3v) is 10.5. The summed E-state index contributed by atoms with van der Waals surface area (Å²) in [5, 5.41) is 23.9. The van der Waals surface area contributed by atoms with Gasteiger partial charge in [0.1, 0.15) is 21.2 Å². The van der Waals surface area contributed by atoms with Crippen molar-refractivity contribution in [3.63, 3.8) is 0 Å². The SMILES string of the molecule is CC(C)C(=O)Nc1c(N=Nc2ccc(-c3ccc(N=Nc4cc(S(=O)(=O)O)c5ccccc5c4NC(=O)C(C)C)cc3)cc2)cc(S(=O)(=O)O)c2ccccc12. The summed E-state index contributed by atoms with van der Waals surface area (Å²) in [6.45, 7) is 6.86. The molecule has 2 amide bonds. The minimum absolute atomic E-state index is 0.0338. The van der Waals surface area contributed by atoms with Gasteiger partial charge in [-0.2, -0.15) is 27.1 Å². The normalized spacial score (nSPS) is 12.4. The number of carbonyl (C=O) groups is 2. The first kappa shape index (κ1) is 39.5. The maximum absolute atomic E-state index is 12.7. The van der Waals surface area contributed by atoms with Gasteiger partial charge in [0, 0.05) is 33.4 Å². The van der Waals surface area contributed by atoms with Crippen molar-refractivity contribution >= 4 is 87.7 Å². The summed E-state index contributed by atoms with van der Waals surface area (Å²) in [5.41, 5.74) is 3.02. The second kappa shape index (κ2) is 15.9. The molecular weight excluding hydrogens is 757 g/mol. The third kappa shape index (κ3) is 8.68. The lowest BCUT2D eigenvalue weighted by Gasteiger charge is -2.15. The van der Waals surface area contributed by atoms with Gasteiger partial charge in [-0.3, -0.25) is 18.7 Å². The monoisotopic (exact) mass is 792 g/mol. The van der Waals surface area contributed by atoms with E-state index < -0.39 is 20.2 Å². The molecule has 286 valence electrons. The molecule has 0 aliphatic rings. The summed E-state index contributed by atoms with van der Waals surface area (Å²) < 4.78 is 69.2. The molecule has 0 aromatic heterocycles. The van der Waals surface area contributed by atoms with Crippen molar-refractivity contribution in [1.82, 2.24) is 0 Å². The molecule has 56 heavy (non-hydrogen) atoms. The highest BCUT2D eigenvalue weighted by atomic mass is 32.2. The number of rotatable bonds is 11. The first-order valence-electron chi connectivity index (χ1n) is 17.2. The second-order valence-corrected chi connectivity index (χ2v) is 16.1. The maximum Gasteiger partial charge on any atom is 0.295 e. The highest BCUT2D eigenvalue weighted by molar-refractivity contribution is 7.86. The van der Waals surface area contributed by atoms with Gasteiger partial charge < -0.3 is 10.6 Å². The number of hydrogen-bond donors (Lipinski definition) is 4. The van der Waals surface area contributed by atoms with Crippen LogP contribution in [0.3, 0.4) is 0 Å². The molecule has 16 heteroatoms. The molecule has 6 rings (SSSR count). The van der Waals surface area contributed by atoms with Crippen LogP contribution in [0, 0.1) is 11.8 Å². The van der Waals surface area contributed by atoms with E-state index in [1.54, 1.807) is 113 Å². The lowest BCUT2D eigenvalue weighted by molar-refractivity contribution is -0.119. The van der Waals surface area contributed by atoms with E-state index in [4.69, 9.17) is 0 Å². The van der Waals surface area contributed by atoms with Crippen LogP contribution in [0.15, 0.2) is 139 Å². The molecule has 0 fully saturated rings. The summed E-state index contributed by atoms with van der Waals surface area (Å²) >= 11 is 0. The summed E-state index contributed by atoms with van der Waals surface area (Å²) in [5.74, 6) is -1.40. The standard InChI is InChI=1S/C40H36N6O8S2/c1-23(2)39(47)41-37-31-11-7-5-9-29(31)35(55(49,50)51)21-33(37)45-43-27-17-13-25(14-18-27)26-15-19-28(20-16-26)44-46-34-22-36(56(52,53)54)30-10-6-8-12-32(30)38(34)42-40(48)24(3)4/h5-24H,1-4H3,(H,41,47)(H,42,48)(H,49,50,51)(H,52,53,54). The van der Waals surface area contributed by atoms with Crippen LogP contribution in [0.2, 0.25) is 0 Å². The van der Waals surface area contributed by atoms with E-state index >= 15 is 0 Å². The number of nitrogens with zero attached hydrogens (tertiary/aromatic N) is 4. The van der Waals surface area contributed by atoms with Gasteiger partial charge in [0.2, 0.25) is 11.8 Å². The van der Waals surface area contributed by atoms with E-state index in [0.29, 0.717) is 22.1 Å². The number of fused-ring (bicyclic) bond motifs is 2. The predicted molar refractivity (Wildman–Crippen MR) is 215 cm³/mol. The van der Waals surface area contributed by atoms with Crippen molar-refractivity contribution in [3.05, 3.63) is 109 Å². The van der Waals surface area contributed by atoms with Crippen molar-refractivity contribution in [2.75, 3.05) is 10.6 Å². The lowest BCUT2D eigenvalue weighted by atomic mass is 10.1. The minimum atomic E-state index is -4.65. The number of carbonyl (C=O) groups excluding carboxylic acids is 2. The molecule has 0 saturated carbocycles. The smallest absolute Gasteiger partial charge is 0.295 e. The number of nitrogens with one attached hydrogen (secondary N) is 2. The topological polar surface area (TPSA) is 216 Å². The maximum atomic E-state index is 12.7. The van der Waals surface area contributed by atoms with E-state index in [2.05, 4.69) is 31.1 Å². The quantitative estimate of drug-likeness (QED) is 0.0729. The molecular formula is C40H36N6O8S2. The van der Waals surface area contributed by atoms with Gasteiger partial charge in [-0.15, -0.1) is 10.2 Å². The second-order valence-electron chi connectivity index (χ2n) is 13.4. The third-order valence-electron chi connectivity index (χ3n) is 8.69. The van der Waals surface area contributed by atoms with Gasteiger partial charge in [0.05, 0.1) is 22.7 Å². The van der Waals surface area contributed by atoms with E-state index in [9.17, 15) is 35.5 Å². The predicted octanol–water partition coefficient (Wildman–Crippen LogP) is 10.2. The van der Waals surface area contributed by atoms with Gasteiger partial charge in [-0.05, 0) is 47.5 Å². The molecule has 0 unspecified atom stereocenters. The fourth-order valence-electron chi connectivity index (χ4n) is 5.70. The molecule has 0 atom stereocenters. The molecule has 6 aromatic carbocycles. The van der Waals surface area contributed by atoms with Crippen molar-refractivity contribution in [2.24, 2.45) is 32.3 Å². The Morgan fingerprint density at radius 1 is 0.500 bits per heavy atom. The Morgan fingerprint density at radius 2 is 0.821 bits per heavy atom. The van der Waals surface area contributed by atoms with Crippen molar-refractivity contribution in [1.29, 1.82) is 0 Å². The van der Waals surface area contributed by atoms with Gasteiger partial charge in [0.25, 0.3) is 20.2 Å². The number of hydrogen-bond acceptors (Lipinski definition) is 10. The fraction of sp³-hybridized carbons (Fsp3) is 0.150. The highest BCUT2D eigenvalue weighted by Crippen LogP contribution is 2.41. The fourth-order valence-corrected chi connectivity index (χ4v) is 7.14. The average molecular weight is 793 g/mol. The molecule has 6 aromatic rings. The summed E-state index contributed by atoms with van der Waals surface area (Å²) in [7, 11) is -9.30. The van der Waals surface area contributed by atoms with Crippen LogP contribution in [-0.2, 0) is 29.8 Å². The number of azo groups is 2. The lowest BCUT2D eigenvalue weighted by Crippen LogP contribution is -2.18. The molecule has 0 bridgehead atoms. The van der Waals surface area contributed by atoms with Gasteiger partial charge >= 0.3 is 0 Å². The Balaban J connectivity index is 1.28. The van der Waals surface area contributed by atoms with E-state index in [1.165, 1.54) is 24.3 Å². The first-order valence-corrected chi connectivity index (χ1v) is 20.1. The molecule has 4 N–H and O–H groups in total. The highest BCUT2D eigenvalue weighted by Gasteiger charge is 2.23. The summed E-state index contributed by atoms with van der Waals surface area (Å²) in [6, 6.07) is 29.2. The molecule has 0 spiro atoms. The largest absolute Gasteiger partial charge is 0.323 e. The molecule has 0 saturated heterocycles. The van der Waals surface area contributed by atoms with Crippen LogP contribution in [0.4, 0.5) is 34.1 Å². The van der Waals surface area contributed by atoms with Gasteiger partial charge in [-0.1, -0.05) is 100 Å². The molecule has 0 heterocycles. The van der Waals surface area contributed by atoms with Crippen LogP contribution in [0.25, 0.3) is 32.7 Å². The van der Waals surface area contributed by atoms with Gasteiger partial charge in [-0.25, -0.2) is 0 Å². The van der Waals surface area contributed by atoms with E-state index in [-0.39, 0.29) is 67.0 Å². The number of benzene rings is 6. The molecule has 0 aliphatic heterocycles. The van der Waals surface area contributed by atoms with Crippen molar-refractivity contribution in [2.45, 2.75) is 37.5 Å². The van der Waals surface area contributed by atoms with Crippen LogP contribution in [0.5, 0.6) is 0 Å². The first-order chi connectivity index (χ1) is 26.5. The van der Waals surface area contributed by atoms with E-state index in [1.807, 2.05) is 0 Å². The van der Waals surface area contributed by atoms with Crippen molar-refractivity contribution < 1.29 is 35.5 Å². The Kier molecular flexibility index (Phi) is 11.2. The molecule has 14 nitrogen and oxygen atoms in total. The van der Waals surface area contributed by atoms with Crippen LogP contribution < -0.4 is 10.6 Å². The zero-order chi connectivity index (χ0) is 40.4. The Morgan fingerprint density at radius 3 is 1.12 bits per heavy atom. The molecule has 0 radical (unpaired) electrons. The van der Waals surface area contributed by atoms with Crippen LogP contribution in [0.1, 0.15) is 27.7 Å². The van der Waals surface area contributed by atoms with Gasteiger partial charge in [0.15, 0.2) is 0 Å². The zero-order valence-electron chi connectivity index (χ0n) is 30.5. The Bertz CT molecular complexity index is 2590.